The van der Waals surface area contributed by atoms with E-state index in [1.807, 2.05) is 6.07 Å². The lowest BCUT2D eigenvalue weighted by Crippen LogP contribution is -2.24. The highest BCUT2D eigenvalue weighted by molar-refractivity contribution is 5.76. The van der Waals surface area contributed by atoms with Gasteiger partial charge in [0, 0.05) is 12.7 Å². The second-order valence-electron chi connectivity index (χ2n) is 2.96. The quantitative estimate of drug-likeness (QED) is 0.729. The lowest BCUT2D eigenvalue weighted by molar-refractivity contribution is -0.121. The predicted molar refractivity (Wildman–Crippen MR) is 47.5 cm³/mol. The minimum absolute atomic E-state index is 0.250. The second kappa shape index (κ2) is 3.76. The maximum atomic E-state index is 10.8. The fourth-order valence-corrected chi connectivity index (χ4v) is 1.06. The van der Waals surface area contributed by atoms with E-state index in [4.69, 9.17) is 11.0 Å². The summed E-state index contributed by atoms with van der Waals surface area (Å²) in [7, 11) is 0. The Labute approximate surface area is 76.6 Å². The number of hydrogen-bond donors (Lipinski definition) is 1. The Morgan fingerprint density at radius 3 is 3.08 bits per heavy atom. The van der Waals surface area contributed by atoms with Gasteiger partial charge in [-0.15, -0.1) is 0 Å². The average Bonchev–Trinajstić information content (AvgIpc) is 2.51. The minimum Gasteiger partial charge on any atom is -0.369 e. The monoisotopic (exact) mass is 177 g/mol. The van der Waals surface area contributed by atoms with Crippen molar-refractivity contribution >= 4 is 5.91 Å². The van der Waals surface area contributed by atoms with Gasteiger partial charge in [0.25, 0.3) is 0 Å². The van der Waals surface area contributed by atoms with Crippen LogP contribution in [0.1, 0.15) is 12.6 Å². The smallest absolute Gasteiger partial charge is 0.222 e. The van der Waals surface area contributed by atoms with Crippen molar-refractivity contribution in [1.29, 1.82) is 5.26 Å². The van der Waals surface area contributed by atoms with Gasteiger partial charge >= 0.3 is 0 Å². The van der Waals surface area contributed by atoms with Crippen molar-refractivity contribution in [3.05, 3.63) is 24.0 Å². The zero-order chi connectivity index (χ0) is 9.84. The third-order valence-electron chi connectivity index (χ3n) is 1.90. The summed E-state index contributed by atoms with van der Waals surface area (Å²) < 4.78 is 1.72. The summed E-state index contributed by atoms with van der Waals surface area (Å²) in [5.74, 6) is -0.600. The molecule has 0 aromatic carbocycles. The van der Waals surface area contributed by atoms with Crippen LogP contribution in [0.4, 0.5) is 0 Å². The zero-order valence-corrected chi connectivity index (χ0v) is 7.40. The van der Waals surface area contributed by atoms with Crippen molar-refractivity contribution in [1.82, 2.24) is 4.57 Å². The number of primary amides is 1. The average molecular weight is 177 g/mol. The molecule has 0 saturated heterocycles. The van der Waals surface area contributed by atoms with Crippen LogP contribution in [0.5, 0.6) is 0 Å². The van der Waals surface area contributed by atoms with Crippen LogP contribution in [0.25, 0.3) is 0 Å². The summed E-state index contributed by atoms with van der Waals surface area (Å²) in [5.41, 5.74) is 5.66. The summed E-state index contributed by atoms with van der Waals surface area (Å²) in [6, 6.07) is 5.50. The van der Waals surface area contributed by atoms with Crippen LogP contribution < -0.4 is 5.73 Å². The third-order valence-corrected chi connectivity index (χ3v) is 1.90. The number of hydrogen-bond acceptors (Lipinski definition) is 2. The van der Waals surface area contributed by atoms with Gasteiger partial charge in [0.1, 0.15) is 11.8 Å². The number of nitrogens with two attached hydrogens (primary N) is 1. The van der Waals surface area contributed by atoms with E-state index in [9.17, 15) is 4.79 Å². The molecule has 1 atom stereocenters. The van der Waals surface area contributed by atoms with E-state index in [0.29, 0.717) is 12.2 Å². The molecule has 1 aromatic heterocycles. The molecule has 68 valence electrons. The Kier molecular flexibility index (Phi) is 2.70. The van der Waals surface area contributed by atoms with E-state index in [0.717, 1.165) is 0 Å². The van der Waals surface area contributed by atoms with E-state index in [-0.39, 0.29) is 11.8 Å². The molecule has 0 bridgehead atoms. The summed E-state index contributed by atoms with van der Waals surface area (Å²) >= 11 is 0. The van der Waals surface area contributed by atoms with E-state index < -0.39 is 0 Å². The van der Waals surface area contributed by atoms with Gasteiger partial charge in [-0.1, -0.05) is 6.92 Å². The standard InChI is InChI=1S/C9H11N3O/c1-7(9(11)13)6-12-4-2-3-8(12)5-10/h2-4,7H,6H2,1H3,(H2,11,13). The maximum absolute atomic E-state index is 10.8. The van der Waals surface area contributed by atoms with Gasteiger partial charge in [-0.3, -0.25) is 4.79 Å². The molecule has 1 unspecified atom stereocenters. The number of rotatable bonds is 3. The largest absolute Gasteiger partial charge is 0.369 e. The first-order chi connectivity index (χ1) is 6.15. The summed E-state index contributed by atoms with van der Waals surface area (Å²) in [4.78, 5) is 10.8. The Morgan fingerprint density at radius 1 is 1.85 bits per heavy atom. The Morgan fingerprint density at radius 2 is 2.54 bits per heavy atom. The van der Waals surface area contributed by atoms with Gasteiger partial charge in [0.15, 0.2) is 0 Å². The van der Waals surface area contributed by atoms with Crippen LogP contribution in [0.3, 0.4) is 0 Å². The number of aromatic nitrogens is 1. The van der Waals surface area contributed by atoms with Crippen LogP contribution >= 0.6 is 0 Å². The van der Waals surface area contributed by atoms with Gasteiger partial charge < -0.3 is 10.3 Å². The first kappa shape index (κ1) is 9.33. The molecule has 4 heteroatoms. The molecule has 1 rings (SSSR count). The summed E-state index contributed by atoms with van der Waals surface area (Å²) in [6.07, 6.45) is 1.76. The molecular weight excluding hydrogens is 166 g/mol. The first-order valence-electron chi connectivity index (χ1n) is 3.99. The van der Waals surface area contributed by atoms with Gasteiger partial charge in [-0.25, -0.2) is 0 Å². The minimum atomic E-state index is -0.349. The van der Waals surface area contributed by atoms with Crippen molar-refractivity contribution < 1.29 is 4.79 Å². The lowest BCUT2D eigenvalue weighted by atomic mass is 10.2. The second-order valence-corrected chi connectivity index (χ2v) is 2.96. The van der Waals surface area contributed by atoms with Crippen molar-refractivity contribution in [2.45, 2.75) is 13.5 Å². The van der Waals surface area contributed by atoms with Crippen LogP contribution in [0.2, 0.25) is 0 Å². The molecule has 0 spiro atoms. The fourth-order valence-electron chi connectivity index (χ4n) is 1.06. The molecule has 0 saturated carbocycles. The van der Waals surface area contributed by atoms with E-state index in [1.165, 1.54) is 0 Å². The number of amides is 1. The normalized spacial score (nSPS) is 12.0. The summed E-state index contributed by atoms with van der Waals surface area (Å²) in [5, 5.41) is 8.67. The number of nitrogens with zero attached hydrogens (tertiary/aromatic N) is 2. The van der Waals surface area contributed by atoms with Crippen molar-refractivity contribution in [2.24, 2.45) is 11.7 Å². The van der Waals surface area contributed by atoms with Gasteiger partial charge in [-0.2, -0.15) is 5.26 Å². The topological polar surface area (TPSA) is 71.8 Å². The fraction of sp³-hybridized carbons (Fsp3) is 0.333. The molecule has 1 aromatic rings. The van der Waals surface area contributed by atoms with E-state index >= 15 is 0 Å². The van der Waals surface area contributed by atoms with Gasteiger partial charge in [-0.05, 0) is 12.1 Å². The van der Waals surface area contributed by atoms with Gasteiger partial charge in [0.2, 0.25) is 5.91 Å². The Bertz CT molecular complexity index is 348. The van der Waals surface area contributed by atoms with Crippen LogP contribution in [0.15, 0.2) is 18.3 Å². The molecule has 0 radical (unpaired) electrons. The molecule has 13 heavy (non-hydrogen) atoms. The van der Waals surface area contributed by atoms with Crippen molar-refractivity contribution in [2.75, 3.05) is 0 Å². The van der Waals surface area contributed by atoms with Crippen LogP contribution in [-0.2, 0) is 11.3 Å². The van der Waals surface area contributed by atoms with E-state index in [1.54, 1.807) is 29.8 Å². The van der Waals surface area contributed by atoms with Crippen LogP contribution in [0, 0.1) is 17.2 Å². The molecule has 0 aliphatic heterocycles. The first-order valence-corrected chi connectivity index (χ1v) is 3.99. The molecule has 0 aliphatic rings. The molecule has 1 amide bonds. The number of nitriles is 1. The highest BCUT2D eigenvalue weighted by Gasteiger charge is 2.10. The molecule has 0 fully saturated rings. The SMILES string of the molecule is CC(Cn1cccc1C#N)C(N)=O. The van der Waals surface area contributed by atoms with Crippen molar-refractivity contribution in [3.8, 4) is 6.07 Å². The highest BCUT2D eigenvalue weighted by Crippen LogP contribution is 2.05. The summed E-state index contributed by atoms with van der Waals surface area (Å²) in [6.45, 7) is 2.20. The molecule has 0 aliphatic carbocycles. The van der Waals surface area contributed by atoms with E-state index in [2.05, 4.69) is 0 Å². The molecule has 4 nitrogen and oxygen atoms in total. The zero-order valence-electron chi connectivity index (χ0n) is 7.40. The third kappa shape index (κ3) is 2.09. The number of carbonyl (C=O) groups is 1. The lowest BCUT2D eigenvalue weighted by Gasteiger charge is -2.08. The highest BCUT2D eigenvalue weighted by atomic mass is 16.1. The predicted octanol–water partition coefficient (Wildman–Crippen LogP) is 0.481. The van der Waals surface area contributed by atoms with Gasteiger partial charge in [0.05, 0.1) is 5.92 Å². The Hall–Kier alpha value is -1.76. The maximum Gasteiger partial charge on any atom is 0.222 e. The molecular formula is C9H11N3O. The van der Waals surface area contributed by atoms with Crippen LogP contribution in [-0.4, -0.2) is 10.5 Å². The molecule has 1 heterocycles. The van der Waals surface area contributed by atoms with Crippen molar-refractivity contribution in [3.63, 3.8) is 0 Å². The Balaban J connectivity index is 2.75. The number of carbonyl (C=O) groups excluding carboxylic acids is 1. The molecule has 2 N–H and O–H groups in total.